The number of hydrogen-bond acceptors (Lipinski definition) is 1. The number of hydrogen-bond donors (Lipinski definition) is 1. The van der Waals surface area contributed by atoms with E-state index in [4.69, 9.17) is 16.7 Å². The maximum absolute atomic E-state index is 10.1. The molecular weight excluding hydrogens is 152 g/mol. The monoisotopic (exact) mass is 162 g/mol. The van der Waals surface area contributed by atoms with Crippen molar-refractivity contribution < 1.29 is 9.90 Å². The predicted octanol–water partition coefficient (Wildman–Crippen LogP) is 2.24. The van der Waals surface area contributed by atoms with E-state index in [2.05, 4.69) is 0 Å². The number of carboxylic acid groups (broad SMARTS) is 1. The van der Waals surface area contributed by atoms with Crippen LogP contribution in [0.3, 0.4) is 0 Å². The van der Waals surface area contributed by atoms with E-state index in [1.807, 2.05) is 13.8 Å². The second kappa shape index (κ2) is 4.34. The first-order valence-electron chi connectivity index (χ1n) is 3.18. The Labute approximate surface area is 65.5 Å². The first kappa shape index (κ1) is 9.50. The van der Waals surface area contributed by atoms with E-state index in [0.29, 0.717) is 5.03 Å². The molecule has 0 rings (SSSR count). The van der Waals surface area contributed by atoms with Crippen molar-refractivity contribution in [3.63, 3.8) is 0 Å². The number of aliphatic carboxylic acids is 1. The molecule has 0 aromatic rings. The molecule has 0 aliphatic heterocycles. The van der Waals surface area contributed by atoms with E-state index >= 15 is 0 Å². The van der Waals surface area contributed by atoms with Crippen LogP contribution < -0.4 is 0 Å². The third-order valence-electron chi connectivity index (χ3n) is 1.34. The van der Waals surface area contributed by atoms with Gasteiger partial charge in [0.05, 0.1) is 0 Å². The van der Waals surface area contributed by atoms with Gasteiger partial charge in [0.1, 0.15) is 0 Å². The summed E-state index contributed by atoms with van der Waals surface area (Å²) in [6.07, 6.45) is 1.90. The molecule has 0 fully saturated rings. The third-order valence-corrected chi connectivity index (χ3v) is 1.83. The van der Waals surface area contributed by atoms with Gasteiger partial charge in [0.2, 0.25) is 0 Å². The molecule has 0 saturated heterocycles. The molecule has 0 bridgehead atoms. The Hall–Kier alpha value is -0.500. The Morgan fingerprint density at radius 1 is 1.80 bits per heavy atom. The molecule has 1 unspecified atom stereocenters. The van der Waals surface area contributed by atoms with Crippen LogP contribution in [0, 0.1) is 5.92 Å². The fourth-order valence-corrected chi connectivity index (χ4v) is 0.703. The molecule has 0 heterocycles. The van der Waals surface area contributed by atoms with E-state index < -0.39 is 5.97 Å². The van der Waals surface area contributed by atoms with Crippen molar-refractivity contribution in [1.82, 2.24) is 0 Å². The fourth-order valence-electron chi connectivity index (χ4n) is 0.455. The molecule has 0 amide bonds. The SMILES string of the molecule is CCC(C)C(Cl)=CC(=O)O. The molecule has 0 aromatic heterocycles. The van der Waals surface area contributed by atoms with Crippen LogP contribution in [0.5, 0.6) is 0 Å². The zero-order valence-electron chi connectivity index (χ0n) is 6.10. The van der Waals surface area contributed by atoms with Gasteiger partial charge < -0.3 is 5.11 Å². The van der Waals surface area contributed by atoms with Crippen LogP contribution in [0.4, 0.5) is 0 Å². The Bertz CT molecular complexity index is 152. The molecule has 0 aliphatic rings. The van der Waals surface area contributed by atoms with E-state index in [0.717, 1.165) is 12.5 Å². The molecule has 1 N–H and O–H groups in total. The van der Waals surface area contributed by atoms with Crippen LogP contribution in [0.2, 0.25) is 0 Å². The molecule has 58 valence electrons. The highest BCUT2D eigenvalue weighted by Gasteiger charge is 2.04. The van der Waals surface area contributed by atoms with Crippen LogP contribution >= 0.6 is 11.6 Å². The maximum atomic E-state index is 10.1. The Morgan fingerprint density at radius 3 is 2.60 bits per heavy atom. The zero-order chi connectivity index (χ0) is 8.15. The number of carboxylic acids is 1. The highest BCUT2D eigenvalue weighted by atomic mass is 35.5. The van der Waals surface area contributed by atoms with Gasteiger partial charge in [-0.25, -0.2) is 4.79 Å². The Kier molecular flexibility index (Phi) is 4.12. The first-order chi connectivity index (χ1) is 4.57. The van der Waals surface area contributed by atoms with Crippen LogP contribution in [0.15, 0.2) is 11.1 Å². The van der Waals surface area contributed by atoms with Gasteiger partial charge in [0.25, 0.3) is 0 Å². The molecule has 0 aliphatic carbocycles. The molecule has 0 aromatic carbocycles. The summed E-state index contributed by atoms with van der Waals surface area (Å²) in [4.78, 5) is 10.1. The van der Waals surface area contributed by atoms with Gasteiger partial charge in [-0.2, -0.15) is 0 Å². The summed E-state index contributed by atoms with van der Waals surface area (Å²) in [6, 6.07) is 0. The van der Waals surface area contributed by atoms with Crippen molar-refractivity contribution >= 4 is 17.6 Å². The van der Waals surface area contributed by atoms with Crippen molar-refractivity contribution in [3.8, 4) is 0 Å². The molecule has 1 atom stereocenters. The minimum Gasteiger partial charge on any atom is -0.478 e. The third kappa shape index (κ3) is 3.51. The van der Waals surface area contributed by atoms with Gasteiger partial charge >= 0.3 is 5.97 Å². The maximum Gasteiger partial charge on any atom is 0.329 e. The lowest BCUT2D eigenvalue weighted by Gasteiger charge is -2.03. The standard InChI is InChI=1S/C7H11ClO2/c1-3-5(2)6(8)4-7(9)10/h4-5H,3H2,1-2H3,(H,9,10). The Balaban J connectivity index is 4.04. The predicted molar refractivity (Wildman–Crippen MR) is 41.0 cm³/mol. The van der Waals surface area contributed by atoms with Crippen LogP contribution in [0.25, 0.3) is 0 Å². The van der Waals surface area contributed by atoms with Crippen molar-refractivity contribution in [2.75, 3.05) is 0 Å². The zero-order valence-corrected chi connectivity index (χ0v) is 6.85. The van der Waals surface area contributed by atoms with Crippen molar-refractivity contribution in [2.24, 2.45) is 5.92 Å². The van der Waals surface area contributed by atoms with Gasteiger partial charge in [-0.15, -0.1) is 0 Å². The number of rotatable bonds is 3. The van der Waals surface area contributed by atoms with Crippen LogP contribution in [-0.2, 0) is 4.79 Å². The van der Waals surface area contributed by atoms with Gasteiger partial charge in [-0.1, -0.05) is 25.4 Å². The second-order valence-electron chi connectivity index (χ2n) is 2.18. The quantitative estimate of drug-likeness (QED) is 0.647. The summed E-state index contributed by atoms with van der Waals surface area (Å²) in [5.41, 5.74) is 0. The lowest BCUT2D eigenvalue weighted by atomic mass is 10.1. The summed E-state index contributed by atoms with van der Waals surface area (Å²) < 4.78 is 0. The van der Waals surface area contributed by atoms with Gasteiger partial charge in [0, 0.05) is 11.1 Å². The van der Waals surface area contributed by atoms with Crippen molar-refractivity contribution in [3.05, 3.63) is 11.1 Å². The minimum absolute atomic E-state index is 0.151. The number of allylic oxidation sites excluding steroid dienone is 1. The largest absolute Gasteiger partial charge is 0.478 e. The summed E-state index contributed by atoms with van der Waals surface area (Å²) >= 11 is 5.61. The Morgan fingerprint density at radius 2 is 2.30 bits per heavy atom. The fraction of sp³-hybridized carbons (Fsp3) is 0.571. The number of carbonyl (C=O) groups is 1. The topological polar surface area (TPSA) is 37.3 Å². The molecular formula is C7H11ClO2. The summed E-state index contributed by atoms with van der Waals surface area (Å²) in [6.45, 7) is 3.85. The molecule has 0 spiro atoms. The van der Waals surface area contributed by atoms with E-state index in [1.54, 1.807) is 0 Å². The van der Waals surface area contributed by atoms with E-state index in [-0.39, 0.29) is 5.92 Å². The summed E-state index contributed by atoms with van der Waals surface area (Å²) in [7, 11) is 0. The molecule has 0 radical (unpaired) electrons. The molecule has 3 heteroatoms. The van der Waals surface area contributed by atoms with Crippen molar-refractivity contribution in [2.45, 2.75) is 20.3 Å². The van der Waals surface area contributed by atoms with Crippen LogP contribution in [-0.4, -0.2) is 11.1 Å². The molecule has 2 nitrogen and oxygen atoms in total. The summed E-state index contributed by atoms with van der Waals surface area (Å²) in [5, 5.41) is 8.68. The highest BCUT2D eigenvalue weighted by Crippen LogP contribution is 2.17. The average Bonchev–Trinajstić information content (AvgIpc) is 1.85. The minimum atomic E-state index is -0.981. The number of halogens is 1. The van der Waals surface area contributed by atoms with E-state index in [9.17, 15) is 4.79 Å². The lowest BCUT2D eigenvalue weighted by Crippen LogP contribution is -1.96. The molecule has 0 saturated carbocycles. The molecule has 10 heavy (non-hydrogen) atoms. The van der Waals surface area contributed by atoms with E-state index in [1.165, 1.54) is 0 Å². The normalized spacial score (nSPS) is 14.9. The van der Waals surface area contributed by atoms with Gasteiger partial charge in [-0.3, -0.25) is 0 Å². The van der Waals surface area contributed by atoms with Gasteiger partial charge in [-0.05, 0) is 12.3 Å². The summed E-state index contributed by atoms with van der Waals surface area (Å²) in [5.74, 6) is -0.830. The van der Waals surface area contributed by atoms with Gasteiger partial charge in [0.15, 0.2) is 0 Å². The second-order valence-corrected chi connectivity index (χ2v) is 2.61. The highest BCUT2D eigenvalue weighted by molar-refractivity contribution is 6.31. The lowest BCUT2D eigenvalue weighted by molar-refractivity contribution is -0.131. The average molecular weight is 163 g/mol. The van der Waals surface area contributed by atoms with Crippen LogP contribution in [0.1, 0.15) is 20.3 Å². The first-order valence-corrected chi connectivity index (χ1v) is 3.55. The smallest absolute Gasteiger partial charge is 0.329 e. The van der Waals surface area contributed by atoms with Crippen molar-refractivity contribution in [1.29, 1.82) is 0 Å².